The van der Waals surface area contributed by atoms with Crippen molar-refractivity contribution in [2.75, 3.05) is 11.4 Å². The van der Waals surface area contributed by atoms with Gasteiger partial charge in [-0.1, -0.05) is 22.9 Å². The normalized spacial score (nSPS) is 17.7. The molecule has 8 heteroatoms. The highest BCUT2D eigenvalue weighted by Crippen LogP contribution is 2.43. The Kier molecular flexibility index (Phi) is 6.37. The van der Waals surface area contributed by atoms with Crippen LogP contribution in [0.1, 0.15) is 61.7 Å². The summed E-state index contributed by atoms with van der Waals surface area (Å²) in [6, 6.07) is 8.87. The minimum atomic E-state index is -0.491. The Morgan fingerprint density at radius 1 is 1.38 bits per heavy atom. The van der Waals surface area contributed by atoms with Gasteiger partial charge in [-0.25, -0.2) is 9.82 Å². The molecule has 2 heterocycles. The average Bonchev–Trinajstić information content (AvgIpc) is 3.13. The lowest BCUT2D eigenvalue weighted by molar-refractivity contribution is 0.0929. The maximum absolute atomic E-state index is 14.9. The molecule has 1 atom stereocenters. The molecule has 4 rings (SSSR count). The SMILES string of the molecule is CCN1c2cc(F)c(/C=N\NC(=O)c3cc4cc(Br)cc(I)c4o3)cc2C(C)CC1(C)C. The lowest BCUT2D eigenvalue weighted by Crippen LogP contribution is -2.48. The first-order chi connectivity index (χ1) is 15.1. The molecule has 1 aliphatic rings. The van der Waals surface area contributed by atoms with Crippen molar-refractivity contribution in [3.05, 3.63) is 61.1 Å². The standard InChI is InChI=1S/C24H24BrFIN3O2/c1-5-30-20-10-18(26)15(7-17(20)13(2)11-24(30,3)4)12-28-29-23(31)21-8-14-6-16(25)9-19(27)22(14)32-21/h6-10,12-13H,5,11H2,1-4H3,(H,29,31)/b28-12-. The number of anilines is 1. The third-order valence-electron chi connectivity index (χ3n) is 5.95. The molecule has 0 bridgehead atoms. The zero-order chi connectivity index (χ0) is 23.2. The van der Waals surface area contributed by atoms with Crippen molar-refractivity contribution in [2.45, 2.75) is 45.6 Å². The number of nitrogens with one attached hydrogen (secondary N) is 1. The fourth-order valence-corrected chi connectivity index (χ4v) is 6.28. The predicted octanol–water partition coefficient (Wildman–Crippen LogP) is 6.82. The number of amides is 1. The first-order valence-corrected chi connectivity index (χ1v) is 12.3. The minimum absolute atomic E-state index is 0.0306. The largest absolute Gasteiger partial charge is 0.450 e. The van der Waals surface area contributed by atoms with Crippen molar-refractivity contribution >= 4 is 67.3 Å². The average molecular weight is 612 g/mol. The molecule has 168 valence electrons. The Hall–Kier alpha value is -1.94. The number of hydrazone groups is 1. The number of hydrogen-bond donors (Lipinski definition) is 1. The lowest BCUT2D eigenvalue weighted by Gasteiger charge is -2.47. The van der Waals surface area contributed by atoms with E-state index < -0.39 is 5.91 Å². The van der Waals surface area contributed by atoms with Gasteiger partial charge in [-0.05, 0) is 91.6 Å². The van der Waals surface area contributed by atoms with Crippen LogP contribution < -0.4 is 10.3 Å². The second-order valence-corrected chi connectivity index (χ2v) is 10.8. The molecule has 0 radical (unpaired) electrons. The molecule has 3 aromatic rings. The Morgan fingerprint density at radius 3 is 2.84 bits per heavy atom. The van der Waals surface area contributed by atoms with E-state index in [4.69, 9.17) is 4.42 Å². The summed E-state index contributed by atoms with van der Waals surface area (Å²) in [7, 11) is 0. The summed E-state index contributed by atoms with van der Waals surface area (Å²) in [4.78, 5) is 14.7. The predicted molar refractivity (Wildman–Crippen MR) is 138 cm³/mol. The van der Waals surface area contributed by atoms with E-state index in [9.17, 15) is 9.18 Å². The minimum Gasteiger partial charge on any atom is -0.450 e. The van der Waals surface area contributed by atoms with Crippen molar-refractivity contribution in [3.63, 3.8) is 0 Å². The summed E-state index contributed by atoms with van der Waals surface area (Å²) in [5.41, 5.74) is 5.42. The van der Waals surface area contributed by atoms with E-state index >= 15 is 0 Å². The molecule has 32 heavy (non-hydrogen) atoms. The number of furan rings is 1. The van der Waals surface area contributed by atoms with Gasteiger partial charge in [-0.2, -0.15) is 5.10 Å². The molecular weight excluding hydrogens is 588 g/mol. The smallest absolute Gasteiger partial charge is 0.307 e. The van der Waals surface area contributed by atoms with Crippen LogP contribution in [0.3, 0.4) is 0 Å². The molecule has 1 aromatic heterocycles. The molecule has 0 saturated carbocycles. The lowest BCUT2D eigenvalue weighted by atomic mass is 9.79. The number of nitrogens with zero attached hydrogens (tertiary/aromatic N) is 2. The van der Waals surface area contributed by atoms with Gasteiger partial charge in [0.2, 0.25) is 0 Å². The number of rotatable bonds is 4. The van der Waals surface area contributed by atoms with Gasteiger partial charge < -0.3 is 9.32 Å². The molecule has 0 spiro atoms. The summed E-state index contributed by atoms with van der Waals surface area (Å²) in [5.74, 6) is -0.417. The summed E-state index contributed by atoms with van der Waals surface area (Å²) in [6.07, 6.45) is 2.33. The van der Waals surface area contributed by atoms with Gasteiger partial charge in [-0.15, -0.1) is 0 Å². The van der Waals surface area contributed by atoms with E-state index in [0.29, 0.717) is 17.1 Å². The summed E-state index contributed by atoms with van der Waals surface area (Å²) < 4.78 is 22.4. The van der Waals surface area contributed by atoms with Crippen LogP contribution in [0, 0.1) is 9.39 Å². The number of carbonyl (C=O) groups excluding carboxylic acids is 1. The quantitative estimate of drug-likeness (QED) is 0.200. The third kappa shape index (κ3) is 4.31. The Labute approximate surface area is 208 Å². The van der Waals surface area contributed by atoms with E-state index in [1.54, 1.807) is 12.1 Å². The monoisotopic (exact) mass is 611 g/mol. The van der Waals surface area contributed by atoms with Crippen molar-refractivity contribution in [2.24, 2.45) is 5.10 Å². The summed E-state index contributed by atoms with van der Waals surface area (Å²) in [5, 5.41) is 4.80. The number of benzene rings is 2. The molecule has 1 unspecified atom stereocenters. The first kappa shape index (κ1) is 23.2. The molecule has 1 aliphatic heterocycles. The number of carbonyl (C=O) groups is 1. The Morgan fingerprint density at radius 2 is 2.12 bits per heavy atom. The number of fused-ring (bicyclic) bond motifs is 2. The molecule has 0 fully saturated rings. The second kappa shape index (κ2) is 8.78. The van der Waals surface area contributed by atoms with Crippen LogP contribution in [0.2, 0.25) is 0 Å². The van der Waals surface area contributed by atoms with Gasteiger partial charge >= 0.3 is 5.91 Å². The van der Waals surface area contributed by atoms with Crippen molar-refractivity contribution < 1.29 is 13.6 Å². The zero-order valence-corrected chi connectivity index (χ0v) is 22.0. The zero-order valence-electron chi connectivity index (χ0n) is 18.3. The van der Waals surface area contributed by atoms with Gasteiger partial charge in [0.15, 0.2) is 5.76 Å². The number of halogens is 3. The molecule has 0 saturated heterocycles. The maximum Gasteiger partial charge on any atom is 0.307 e. The first-order valence-electron chi connectivity index (χ1n) is 10.4. The molecule has 2 aromatic carbocycles. The highest BCUT2D eigenvalue weighted by molar-refractivity contribution is 14.1. The van der Waals surface area contributed by atoms with Crippen LogP contribution in [0.4, 0.5) is 10.1 Å². The van der Waals surface area contributed by atoms with E-state index in [0.717, 1.165) is 37.6 Å². The fraction of sp³-hybridized carbons (Fsp3) is 0.333. The third-order valence-corrected chi connectivity index (χ3v) is 7.21. The Bertz CT molecular complexity index is 1240. The molecule has 0 aliphatic carbocycles. The van der Waals surface area contributed by atoms with Crippen molar-refractivity contribution in [3.8, 4) is 0 Å². The molecule has 5 nitrogen and oxygen atoms in total. The van der Waals surface area contributed by atoms with Crippen LogP contribution in [0.5, 0.6) is 0 Å². The van der Waals surface area contributed by atoms with Crippen LogP contribution >= 0.6 is 38.5 Å². The molecule has 1 amide bonds. The summed E-state index contributed by atoms with van der Waals surface area (Å²) >= 11 is 5.59. The van der Waals surface area contributed by atoms with Crippen molar-refractivity contribution in [1.82, 2.24) is 5.43 Å². The highest BCUT2D eigenvalue weighted by Gasteiger charge is 2.36. The van der Waals surface area contributed by atoms with E-state index in [-0.39, 0.29) is 17.1 Å². The second-order valence-electron chi connectivity index (χ2n) is 8.71. The number of hydrogen-bond acceptors (Lipinski definition) is 4. The van der Waals surface area contributed by atoms with Crippen molar-refractivity contribution in [1.29, 1.82) is 0 Å². The molecular formula is C24H24BrFIN3O2. The molecule has 1 N–H and O–H groups in total. The van der Waals surface area contributed by atoms with Crippen LogP contribution in [0.15, 0.2) is 44.3 Å². The van der Waals surface area contributed by atoms with Gasteiger partial charge in [-0.3, -0.25) is 4.79 Å². The van der Waals surface area contributed by atoms with Crippen LogP contribution in [-0.2, 0) is 0 Å². The van der Waals surface area contributed by atoms with Gasteiger partial charge in [0.25, 0.3) is 0 Å². The van der Waals surface area contributed by atoms with Gasteiger partial charge in [0.05, 0.1) is 9.78 Å². The summed E-state index contributed by atoms with van der Waals surface area (Å²) in [6.45, 7) is 9.44. The van der Waals surface area contributed by atoms with E-state index in [1.165, 1.54) is 6.21 Å². The topological polar surface area (TPSA) is 57.8 Å². The highest BCUT2D eigenvalue weighted by atomic mass is 127. The van der Waals surface area contributed by atoms with Gasteiger partial charge in [0.1, 0.15) is 11.4 Å². The van der Waals surface area contributed by atoms with E-state index in [1.807, 2.05) is 18.2 Å². The van der Waals surface area contributed by atoms with Crippen LogP contribution in [-0.4, -0.2) is 24.2 Å². The Balaban J connectivity index is 1.56. The van der Waals surface area contributed by atoms with Crippen LogP contribution in [0.25, 0.3) is 11.0 Å². The van der Waals surface area contributed by atoms with E-state index in [2.05, 4.69) is 81.6 Å². The van der Waals surface area contributed by atoms with Gasteiger partial charge in [0, 0.05) is 33.2 Å². The fourth-order valence-electron chi connectivity index (χ4n) is 4.62. The maximum atomic E-state index is 14.9.